The van der Waals surface area contributed by atoms with Gasteiger partial charge in [0.05, 0.1) is 10.9 Å². The van der Waals surface area contributed by atoms with Crippen molar-refractivity contribution in [2.45, 2.75) is 30.7 Å². The summed E-state index contributed by atoms with van der Waals surface area (Å²) in [6.45, 7) is 2.29. The molecule has 0 aromatic heterocycles. The zero-order chi connectivity index (χ0) is 18.0. The van der Waals surface area contributed by atoms with Gasteiger partial charge in [-0.25, -0.2) is 8.42 Å². The Bertz CT molecular complexity index is 876. The first-order valence-electron chi connectivity index (χ1n) is 8.30. The van der Waals surface area contributed by atoms with Crippen LogP contribution in [-0.2, 0) is 21.2 Å². The Morgan fingerprint density at radius 2 is 1.84 bits per heavy atom. The van der Waals surface area contributed by atoms with Gasteiger partial charge in [0.25, 0.3) is 0 Å². The molecule has 0 radical (unpaired) electrons. The molecule has 2 aromatic rings. The van der Waals surface area contributed by atoms with Crippen LogP contribution < -0.4 is 5.32 Å². The lowest BCUT2D eigenvalue weighted by Crippen LogP contribution is -2.41. The van der Waals surface area contributed by atoms with Crippen molar-refractivity contribution < 1.29 is 13.2 Å². The Balaban J connectivity index is 2.04. The molecule has 5 nitrogen and oxygen atoms in total. The summed E-state index contributed by atoms with van der Waals surface area (Å²) in [6.07, 6.45) is 0.754. The number of sulfonamides is 1. The molecule has 1 aliphatic heterocycles. The third-order valence-corrected chi connectivity index (χ3v) is 6.57. The Kier molecular flexibility index (Phi) is 4.92. The van der Waals surface area contributed by atoms with E-state index in [0.717, 1.165) is 16.7 Å². The van der Waals surface area contributed by atoms with E-state index in [1.54, 1.807) is 31.3 Å². The molecular formula is C19H22N2O3S. The first-order chi connectivity index (χ1) is 11.9. The molecule has 1 amide bonds. The number of benzene rings is 2. The summed E-state index contributed by atoms with van der Waals surface area (Å²) in [5.74, 6) is -0.175. The second-order valence-electron chi connectivity index (χ2n) is 6.27. The molecule has 6 heteroatoms. The van der Waals surface area contributed by atoms with Crippen LogP contribution in [0.4, 0.5) is 0 Å². The standard InChI is InChI=1S/C19H22N2O3S/c1-14-7-9-16(10-8-14)25(23,24)21-12-11-15-5-3-4-6-17(15)18(21)13-19(22)20-2/h3-10,18H,11-13H2,1-2H3,(H,20,22)/t18-/m0/s1. The zero-order valence-electron chi connectivity index (χ0n) is 14.4. The second-order valence-corrected chi connectivity index (χ2v) is 8.16. The number of carbonyl (C=O) groups is 1. The Labute approximate surface area is 148 Å². The Morgan fingerprint density at radius 1 is 1.16 bits per heavy atom. The number of carbonyl (C=O) groups excluding carboxylic acids is 1. The van der Waals surface area contributed by atoms with Gasteiger partial charge in [-0.15, -0.1) is 0 Å². The van der Waals surface area contributed by atoms with Crippen molar-refractivity contribution in [3.05, 3.63) is 65.2 Å². The summed E-state index contributed by atoms with van der Waals surface area (Å²) >= 11 is 0. The molecule has 132 valence electrons. The Hall–Kier alpha value is -2.18. The van der Waals surface area contributed by atoms with E-state index < -0.39 is 16.1 Å². The summed E-state index contributed by atoms with van der Waals surface area (Å²) in [4.78, 5) is 12.3. The number of nitrogens with zero attached hydrogens (tertiary/aromatic N) is 1. The van der Waals surface area contributed by atoms with Gasteiger partial charge in [0.15, 0.2) is 0 Å². The van der Waals surface area contributed by atoms with Gasteiger partial charge < -0.3 is 5.32 Å². The van der Waals surface area contributed by atoms with Crippen LogP contribution in [-0.4, -0.2) is 32.2 Å². The van der Waals surface area contributed by atoms with Gasteiger partial charge in [-0.3, -0.25) is 4.79 Å². The van der Waals surface area contributed by atoms with Crippen molar-refractivity contribution in [3.63, 3.8) is 0 Å². The minimum atomic E-state index is -3.67. The molecule has 0 fully saturated rings. The van der Waals surface area contributed by atoms with Crippen LogP contribution in [0.15, 0.2) is 53.4 Å². The fourth-order valence-electron chi connectivity index (χ4n) is 3.25. The van der Waals surface area contributed by atoms with Gasteiger partial charge in [0.1, 0.15) is 0 Å². The van der Waals surface area contributed by atoms with Crippen molar-refractivity contribution in [2.75, 3.05) is 13.6 Å². The molecule has 0 aliphatic carbocycles. The molecule has 0 saturated heterocycles. The fraction of sp³-hybridized carbons (Fsp3) is 0.316. The molecule has 3 rings (SSSR count). The topological polar surface area (TPSA) is 66.5 Å². The molecule has 0 unspecified atom stereocenters. The van der Waals surface area contributed by atoms with Crippen LogP contribution in [0.25, 0.3) is 0 Å². The molecule has 1 atom stereocenters. The van der Waals surface area contributed by atoms with E-state index in [2.05, 4.69) is 5.32 Å². The van der Waals surface area contributed by atoms with Gasteiger partial charge in [-0.2, -0.15) is 4.31 Å². The zero-order valence-corrected chi connectivity index (χ0v) is 15.2. The molecule has 0 spiro atoms. The summed E-state index contributed by atoms with van der Waals surface area (Å²) in [6, 6.07) is 14.1. The van der Waals surface area contributed by atoms with Crippen LogP contribution in [0.2, 0.25) is 0 Å². The molecular weight excluding hydrogens is 336 g/mol. The summed E-state index contributed by atoms with van der Waals surface area (Å²) in [5.41, 5.74) is 3.02. The third kappa shape index (κ3) is 3.45. The van der Waals surface area contributed by atoms with Gasteiger partial charge in [0.2, 0.25) is 15.9 Å². The smallest absolute Gasteiger partial charge is 0.243 e. The highest BCUT2D eigenvalue weighted by atomic mass is 32.2. The van der Waals surface area contributed by atoms with Crippen molar-refractivity contribution >= 4 is 15.9 Å². The van der Waals surface area contributed by atoms with E-state index in [9.17, 15) is 13.2 Å². The minimum Gasteiger partial charge on any atom is -0.359 e. The molecule has 1 aliphatic rings. The van der Waals surface area contributed by atoms with Crippen molar-refractivity contribution in [2.24, 2.45) is 0 Å². The lowest BCUT2D eigenvalue weighted by molar-refractivity contribution is -0.121. The minimum absolute atomic E-state index is 0.110. The van der Waals surface area contributed by atoms with E-state index in [-0.39, 0.29) is 17.2 Å². The molecule has 0 saturated carbocycles. The monoisotopic (exact) mass is 358 g/mol. The number of rotatable bonds is 4. The van der Waals surface area contributed by atoms with E-state index in [4.69, 9.17) is 0 Å². The molecule has 1 heterocycles. The van der Waals surface area contributed by atoms with Crippen LogP contribution in [0.1, 0.15) is 29.2 Å². The maximum atomic E-state index is 13.2. The number of amides is 1. The van der Waals surface area contributed by atoms with E-state index in [1.165, 1.54) is 4.31 Å². The van der Waals surface area contributed by atoms with Gasteiger partial charge in [-0.1, -0.05) is 42.0 Å². The average molecular weight is 358 g/mol. The maximum absolute atomic E-state index is 13.2. The summed E-state index contributed by atoms with van der Waals surface area (Å²) < 4.78 is 27.8. The van der Waals surface area contributed by atoms with Crippen molar-refractivity contribution in [3.8, 4) is 0 Å². The normalized spacial score (nSPS) is 17.8. The summed E-state index contributed by atoms with van der Waals surface area (Å²) in [7, 11) is -2.11. The molecule has 1 N–H and O–H groups in total. The predicted octanol–water partition coefficient (Wildman–Crippen LogP) is 2.42. The van der Waals surface area contributed by atoms with Crippen LogP contribution >= 0.6 is 0 Å². The fourth-order valence-corrected chi connectivity index (χ4v) is 4.86. The quantitative estimate of drug-likeness (QED) is 0.913. The van der Waals surface area contributed by atoms with Crippen LogP contribution in [0.3, 0.4) is 0 Å². The number of nitrogens with one attached hydrogen (secondary N) is 1. The lowest BCUT2D eigenvalue weighted by atomic mass is 9.92. The number of hydrogen-bond acceptors (Lipinski definition) is 3. The van der Waals surface area contributed by atoms with Gasteiger partial charge >= 0.3 is 0 Å². The first-order valence-corrected chi connectivity index (χ1v) is 9.74. The highest BCUT2D eigenvalue weighted by molar-refractivity contribution is 7.89. The number of fused-ring (bicyclic) bond motifs is 1. The van der Waals surface area contributed by atoms with E-state index in [0.29, 0.717) is 13.0 Å². The highest BCUT2D eigenvalue weighted by Gasteiger charge is 2.37. The number of hydrogen-bond donors (Lipinski definition) is 1. The number of aryl methyl sites for hydroxylation is 1. The van der Waals surface area contributed by atoms with Crippen LogP contribution in [0, 0.1) is 6.92 Å². The lowest BCUT2D eigenvalue weighted by Gasteiger charge is -2.36. The predicted molar refractivity (Wildman–Crippen MR) is 96.6 cm³/mol. The van der Waals surface area contributed by atoms with Crippen LogP contribution in [0.5, 0.6) is 0 Å². The average Bonchev–Trinajstić information content (AvgIpc) is 2.62. The first kappa shape index (κ1) is 17.6. The Morgan fingerprint density at radius 3 is 2.52 bits per heavy atom. The summed E-state index contributed by atoms with van der Waals surface area (Å²) in [5, 5.41) is 2.60. The van der Waals surface area contributed by atoms with E-state index in [1.807, 2.05) is 31.2 Å². The van der Waals surface area contributed by atoms with Crippen molar-refractivity contribution in [1.82, 2.24) is 9.62 Å². The van der Waals surface area contributed by atoms with Gasteiger partial charge in [0, 0.05) is 20.0 Å². The second kappa shape index (κ2) is 6.98. The molecule has 2 aromatic carbocycles. The van der Waals surface area contributed by atoms with E-state index >= 15 is 0 Å². The molecule has 25 heavy (non-hydrogen) atoms. The van der Waals surface area contributed by atoms with Gasteiger partial charge in [-0.05, 0) is 36.6 Å². The molecule has 0 bridgehead atoms. The maximum Gasteiger partial charge on any atom is 0.243 e. The van der Waals surface area contributed by atoms with Crippen molar-refractivity contribution in [1.29, 1.82) is 0 Å². The largest absolute Gasteiger partial charge is 0.359 e. The SMILES string of the molecule is CNC(=O)C[C@H]1c2ccccc2CCN1S(=O)(=O)c1ccc(C)cc1. The highest BCUT2D eigenvalue weighted by Crippen LogP contribution is 2.36. The third-order valence-electron chi connectivity index (χ3n) is 4.65.